The quantitative estimate of drug-likeness (QED) is 0.563. The summed E-state index contributed by atoms with van der Waals surface area (Å²) in [4.78, 5) is 31.3. The topological polar surface area (TPSA) is 77.0 Å². The Balaban J connectivity index is 1.90. The summed E-state index contributed by atoms with van der Waals surface area (Å²) in [6, 6.07) is 15.4. The van der Waals surface area contributed by atoms with Crippen LogP contribution in [-0.4, -0.2) is 29.5 Å². The van der Waals surface area contributed by atoms with Gasteiger partial charge in [-0.3, -0.25) is 0 Å². The van der Waals surface area contributed by atoms with Crippen molar-refractivity contribution >= 4 is 24.1 Å². The number of nitrogens with zero attached hydrogens (tertiary/aromatic N) is 2. The van der Waals surface area contributed by atoms with Crippen LogP contribution >= 0.6 is 0 Å². The van der Waals surface area contributed by atoms with Crippen molar-refractivity contribution in [2.75, 3.05) is 0 Å². The Bertz CT molecular complexity index is 969. The van der Waals surface area contributed by atoms with Gasteiger partial charge in [-0.25, -0.2) is 0 Å². The summed E-state index contributed by atoms with van der Waals surface area (Å²) in [5, 5.41) is 0. The van der Waals surface area contributed by atoms with Crippen molar-refractivity contribution < 1.29 is 4.74 Å². The third kappa shape index (κ3) is 4.38. The van der Waals surface area contributed by atoms with Crippen molar-refractivity contribution in [2.45, 2.75) is 26.7 Å². The van der Waals surface area contributed by atoms with Crippen LogP contribution < -0.4 is 20.4 Å². The maximum atomic E-state index is 12.4. The average Bonchev–Trinajstić information content (AvgIpc) is 2.66. The van der Waals surface area contributed by atoms with Gasteiger partial charge in [0.15, 0.2) is 0 Å². The van der Waals surface area contributed by atoms with Crippen LogP contribution in [0.4, 0.5) is 0 Å². The van der Waals surface area contributed by atoms with Gasteiger partial charge in [-0.15, -0.1) is 0 Å². The van der Waals surface area contributed by atoms with Crippen LogP contribution in [0.1, 0.15) is 18.1 Å². The van der Waals surface area contributed by atoms with Gasteiger partial charge in [-0.05, 0) is 0 Å². The number of benzene rings is 1. The summed E-state index contributed by atoms with van der Waals surface area (Å²) in [6.07, 6.45) is 2.25. The minimum absolute atomic E-state index is 0.0847. The summed E-state index contributed by atoms with van der Waals surface area (Å²) in [6.45, 7) is 2.38. The van der Waals surface area contributed by atoms with Gasteiger partial charge in [-0.2, -0.15) is 0 Å². The molecule has 0 unspecified atom stereocenters. The van der Waals surface area contributed by atoms with Gasteiger partial charge in [0.25, 0.3) is 0 Å². The molecule has 3 rings (SSSR count). The first-order valence-electron chi connectivity index (χ1n) is 8.25. The number of nitrogens with one attached hydrogen (secondary N) is 1. The first-order chi connectivity index (χ1) is 12.7. The van der Waals surface area contributed by atoms with E-state index in [1.54, 1.807) is 6.20 Å². The normalized spacial score (nSPS) is 10.8. The van der Waals surface area contributed by atoms with E-state index >= 15 is 0 Å². The molecule has 6 nitrogen and oxygen atoms in total. The number of aromatic amines is 1. The molecule has 0 saturated carbocycles. The van der Waals surface area contributed by atoms with Crippen LogP contribution in [0.15, 0.2) is 64.3 Å². The Morgan fingerprint density at radius 2 is 1.88 bits per heavy atom. The van der Waals surface area contributed by atoms with Crippen molar-refractivity contribution in [1.29, 1.82) is 0 Å². The Morgan fingerprint density at radius 3 is 2.58 bits per heavy atom. The van der Waals surface area contributed by atoms with E-state index in [1.165, 1.54) is 4.57 Å². The molecule has 7 heteroatoms. The maximum absolute atomic E-state index is 12.4. The van der Waals surface area contributed by atoms with E-state index in [1.807, 2.05) is 55.5 Å². The summed E-state index contributed by atoms with van der Waals surface area (Å²) >= 11 is -0.268. The molecule has 0 amide bonds. The predicted octanol–water partition coefficient (Wildman–Crippen LogP) is 0.323. The molecule has 0 aliphatic rings. The summed E-state index contributed by atoms with van der Waals surface area (Å²) in [5.74, 6) is 0. The van der Waals surface area contributed by atoms with Crippen LogP contribution in [0.25, 0.3) is 0 Å². The summed E-state index contributed by atoms with van der Waals surface area (Å²) < 4.78 is 8.81. The van der Waals surface area contributed by atoms with Gasteiger partial charge in [0.05, 0.1) is 0 Å². The average molecular weight is 416 g/mol. The second kappa shape index (κ2) is 8.76. The molecule has 0 atom stereocenters. The van der Waals surface area contributed by atoms with Crippen molar-refractivity contribution in [3.05, 3.63) is 86.7 Å². The number of rotatable bonds is 7. The number of hydrogen-bond acceptors (Lipinski definition) is 4. The van der Waals surface area contributed by atoms with Crippen LogP contribution in [-0.2, 0) is 24.5 Å². The molecule has 26 heavy (non-hydrogen) atoms. The SMILES string of the molecule is CCc1c([Se]c2ccccn2)n(COCc2ccccc2)c(=O)[nH]c1=O. The minimum atomic E-state index is -0.451. The number of aromatic nitrogens is 3. The molecule has 0 bridgehead atoms. The van der Waals surface area contributed by atoms with Crippen molar-refractivity contribution in [1.82, 2.24) is 14.5 Å². The molecule has 0 aliphatic carbocycles. The molecule has 0 aliphatic heterocycles. The molecule has 0 fully saturated rings. The Kier molecular flexibility index (Phi) is 6.17. The number of H-pyrrole nitrogens is 1. The number of ether oxygens (including phenoxy) is 1. The van der Waals surface area contributed by atoms with Gasteiger partial charge >= 0.3 is 157 Å². The monoisotopic (exact) mass is 417 g/mol. The van der Waals surface area contributed by atoms with E-state index in [0.717, 1.165) is 10.2 Å². The van der Waals surface area contributed by atoms with Crippen LogP contribution in [0.2, 0.25) is 0 Å². The van der Waals surface area contributed by atoms with E-state index in [2.05, 4.69) is 9.97 Å². The van der Waals surface area contributed by atoms with Crippen LogP contribution in [0.3, 0.4) is 0 Å². The second-order valence-corrected chi connectivity index (χ2v) is 7.67. The van der Waals surface area contributed by atoms with Crippen molar-refractivity contribution in [3.63, 3.8) is 0 Å². The molecule has 3 aromatic rings. The third-order valence-corrected chi connectivity index (χ3v) is 6.10. The Morgan fingerprint density at radius 1 is 1.12 bits per heavy atom. The fraction of sp³-hybridized carbons (Fsp3) is 0.211. The molecular weight excluding hydrogens is 397 g/mol. The van der Waals surface area contributed by atoms with Crippen LogP contribution in [0, 0.1) is 0 Å². The molecule has 0 radical (unpaired) electrons. The van der Waals surface area contributed by atoms with E-state index in [0.29, 0.717) is 23.2 Å². The molecule has 0 saturated heterocycles. The Labute approximate surface area is 157 Å². The Hall–Kier alpha value is -2.47. The molecule has 2 heterocycles. The first-order valence-corrected chi connectivity index (χ1v) is 9.97. The molecule has 2 aromatic heterocycles. The summed E-state index contributed by atoms with van der Waals surface area (Å²) in [7, 11) is 0. The van der Waals surface area contributed by atoms with E-state index in [9.17, 15) is 9.59 Å². The van der Waals surface area contributed by atoms with E-state index < -0.39 is 5.69 Å². The molecule has 1 aromatic carbocycles. The fourth-order valence-electron chi connectivity index (χ4n) is 2.47. The van der Waals surface area contributed by atoms with Gasteiger partial charge in [0.2, 0.25) is 0 Å². The summed E-state index contributed by atoms with van der Waals surface area (Å²) in [5.41, 5.74) is 0.855. The zero-order chi connectivity index (χ0) is 18.4. The van der Waals surface area contributed by atoms with Crippen LogP contribution in [0.5, 0.6) is 0 Å². The van der Waals surface area contributed by atoms with Gasteiger partial charge in [-0.1, -0.05) is 0 Å². The molecule has 134 valence electrons. The molecule has 1 N–H and O–H groups in total. The van der Waals surface area contributed by atoms with Gasteiger partial charge < -0.3 is 0 Å². The second-order valence-electron chi connectivity index (χ2n) is 5.56. The van der Waals surface area contributed by atoms with Crippen molar-refractivity contribution in [3.8, 4) is 0 Å². The molecule has 0 spiro atoms. The van der Waals surface area contributed by atoms with Crippen molar-refractivity contribution in [2.24, 2.45) is 0 Å². The van der Waals surface area contributed by atoms with Gasteiger partial charge in [0, 0.05) is 0 Å². The number of pyridine rings is 1. The van der Waals surface area contributed by atoms with Gasteiger partial charge in [0.1, 0.15) is 0 Å². The zero-order valence-corrected chi connectivity index (χ0v) is 16.1. The standard InChI is InChI=1S/C19H19N3O3Se/c1-2-15-17(23)21-19(24)22(13-25-12-14-8-4-3-5-9-14)18(15)26-16-10-6-7-11-20-16/h3-11H,2,12-13H2,1H3,(H,21,23,24). The first kappa shape index (κ1) is 18.3. The predicted molar refractivity (Wildman–Crippen MR) is 101 cm³/mol. The van der Waals surface area contributed by atoms with E-state index in [4.69, 9.17) is 4.74 Å². The molecular formula is C19H19N3O3Se. The third-order valence-electron chi connectivity index (χ3n) is 3.77. The fourth-order valence-corrected chi connectivity index (χ4v) is 4.71. The number of hydrogen-bond donors (Lipinski definition) is 1. The van der Waals surface area contributed by atoms with E-state index in [-0.39, 0.29) is 27.2 Å². The zero-order valence-electron chi connectivity index (χ0n) is 14.3.